The van der Waals surface area contributed by atoms with Crippen molar-refractivity contribution >= 4 is 16.5 Å². The van der Waals surface area contributed by atoms with Crippen molar-refractivity contribution in [2.75, 3.05) is 11.4 Å². The molecule has 3 rings (SSSR count). The van der Waals surface area contributed by atoms with E-state index in [0.29, 0.717) is 6.04 Å². The van der Waals surface area contributed by atoms with Gasteiger partial charge < -0.3 is 4.90 Å². The monoisotopic (exact) mass is 273 g/mol. The summed E-state index contributed by atoms with van der Waals surface area (Å²) < 4.78 is 0. The van der Waals surface area contributed by atoms with Crippen molar-refractivity contribution in [3.63, 3.8) is 0 Å². The number of hydrogen-bond acceptors (Lipinski definition) is 4. The van der Waals surface area contributed by atoms with Crippen molar-refractivity contribution in [3.05, 3.63) is 39.9 Å². The fraction of sp³-hybridized carbons (Fsp3) is 0.467. The van der Waals surface area contributed by atoms with Crippen molar-refractivity contribution < 1.29 is 0 Å². The Kier molecular flexibility index (Phi) is 3.27. The van der Waals surface area contributed by atoms with Gasteiger partial charge in [0.25, 0.3) is 0 Å². The highest BCUT2D eigenvalue weighted by molar-refractivity contribution is 7.15. The topological polar surface area (TPSA) is 29.0 Å². The lowest BCUT2D eigenvalue weighted by molar-refractivity contribution is 0.712. The second-order valence-electron chi connectivity index (χ2n) is 5.30. The minimum absolute atomic E-state index is 0.464. The van der Waals surface area contributed by atoms with E-state index in [2.05, 4.69) is 47.1 Å². The minimum atomic E-state index is 0.464. The second kappa shape index (κ2) is 4.93. The Morgan fingerprint density at radius 1 is 1.16 bits per heavy atom. The van der Waals surface area contributed by atoms with Crippen LogP contribution in [0, 0.1) is 20.8 Å². The molecule has 3 nitrogen and oxygen atoms in total. The molecule has 0 amide bonds. The van der Waals surface area contributed by atoms with Gasteiger partial charge in [0.1, 0.15) is 5.01 Å². The first-order chi connectivity index (χ1) is 9.15. The van der Waals surface area contributed by atoms with Crippen LogP contribution in [0.3, 0.4) is 0 Å². The van der Waals surface area contributed by atoms with Crippen LogP contribution in [0.15, 0.2) is 18.2 Å². The van der Waals surface area contributed by atoms with E-state index in [9.17, 15) is 0 Å². The Morgan fingerprint density at radius 2 is 2.00 bits per heavy atom. The summed E-state index contributed by atoms with van der Waals surface area (Å²) in [7, 11) is 0. The summed E-state index contributed by atoms with van der Waals surface area (Å²) in [6.45, 7) is 7.46. The molecular formula is C15H19N3S. The number of hydrogen-bond donors (Lipinski definition) is 0. The molecule has 2 aromatic rings. The maximum atomic E-state index is 4.31. The molecule has 1 saturated heterocycles. The fourth-order valence-corrected chi connectivity index (χ4v) is 3.48. The van der Waals surface area contributed by atoms with Crippen molar-refractivity contribution in [3.8, 4) is 0 Å². The molecule has 19 heavy (non-hydrogen) atoms. The van der Waals surface area contributed by atoms with Gasteiger partial charge in [-0.2, -0.15) is 0 Å². The van der Waals surface area contributed by atoms with Crippen molar-refractivity contribution in [2.24, 2.45) is 0 Å². The zero-order valence-electron chi connectivity index (χ0n) is 11.7. The van der Waals surface area contributed by atoms with Crippen LogP contribution in [0.1, 0.15) is 40.6 Å². The number of benzene rings is 1. The molecule has 1 aliphatic heterocycles. The second-order valence-corrected chi connectivity index (χ2v) is 6.46. The van der Waals surface area contributed by atoms with Crippen molar-refractivity contribution in [1.82, 2.24) is 10.2 Å². The average molecular weight is 273 g/mol. The summed E-state index contributed by atoms with van der Waals surface area (Å²) in [4.78, 5) is 2.41. The molecule has 0 N–H and O–H groups in total. The van der Waals surface area contributed by atoms with Gasteiger partial charge in [0.05, 0.1) is 6.04 Å². The fourth-order valence-electron chi connectivity index (χ4n) is 2.72. The SMILES string of the molecule is Cc1nnc(N2CCC[C@H]2c2ccc(C)c(C)c2)s1. The number of nitrogens with zero attached hydrogens (tertiary/aromatic N) is 3. The summed E-state index contributed by atoms with van der Waals surface area (Å²) in [6, 6.07) is 7.28. The number of rotatable bonds is 2. The van der Waals surface area contributed by atoms with E-state index < -0.39 is 0 Å². The predicted molar refractivity (Wildman–Crippen MR) is 79.9 cm³/mol. The lowest BCUT2D eigenvalue weighted by Crippen LogP contribution is -2.22. The van der Waals surface area contributed by atoms with E-state index in [1.165, 1.54) is 29.5 Å². The van der Waals surface area contributed by atoms with Crippen LogP contribution in [0.4, 0.5) is 5.13 Å². The zero-order chi connectivity index (χ0) is 13.4. The van der Waals surface area contributed by atoms with E-state index in [-0.39, 0.29) is 0 Å². The zero-order valence-corrected chi connectivity index (χ0v) is 12.5. The number of anilines is 1. The van der Waals surface area contributed by atoms with E-state index in [1.807, 2.05) is 6.92 Å². The maximum Gasteiger partial charge on any atom is 0.208 e. The molecule has 100 valence electrons. The van der Waals surface area contributed by atoms with Gasteiger partial charge in [0.15, 0.2) is 0 Å². The summed E-state index contributed by atoms with van der Waals surface area (Å²) in [5, 5.41) is 10.6. The summed E-state index contributed by atoms with van der Waals surface area (Å²) >= 11 is 1.69. The molecule has 1 aromatic carbocycles. The normalized spacial score (nSPS) is 19.1. The van der Waals surface area contributed by atoms with Gasteiger partial charge in [-0.1, -0.05) is 29.5 Å². The van der Waals surface area contributed by atoms with Crippen LogP contribution in [0.2, 0.25) is 0 Å². The van der Waals surface area contributed by atoms with Gasteiger partial charge in [-0.05, 0) is 50.3 Å². The molecular weight excluding hydrogens is 254 g/mol. The molecule has 0 unspecified atom stereocenters. The van der Waals surface area contributed by atoms with E-state index in [0.717, 1.165) is 16.7 Å². The van der Waals surface area contributed by atoms with Gasteiger partial charge in [-0.3, -0.25) is 0 Å². The van der Waals surface area contributed by atoms with Gasteiger partial charge in [-0.15, -0.1) is 10.2 Å². The van der Waals surface area contributed by atoms with Crippen molar-refractivity contribution in [2.45, 2.75) is 39.7 Å². The largest absolute Gasteiger partial charge is 0.340 e. The van der Waals surface area contributed by atoms with Gasteiger partial charge >= 0.3 is 0 Å². The quantitative estimate of drug-likeness (QED) is 0.833. The lowest BCUT2D eigenvalue weighted by atomic mass is 10.00. The van der Waals surface area contributed by atoms with Crippen LogP contribution in [0.5, 0.6) is 0 Å². The van der Waals surface area contributed by atoms with Crippen LogP contribution < -0.4 is 4.90 Å². The highest BCUT2D eigenvalue weighted by atomic mass is 32.1. The first kappa shape index (κ1) is 12.6. The highest BCUT2D eigenvalue weighted by Crippen LogP contribution is 2.37. The first-order valence-corrected chi connectivity index (χ1v) is 7.60. The van der Waals surface area contributed by atoms with E-state index in [1.54, 1.807) is 11.3 Å². The minimum Gasteiger partial charge on any atom is -0.340 e. The number of aromatic nitrogens is 2. The molecule has 1 fully saturated rings. The van der Waals surface area contributed by atoms with Gasteiger partial charge in [0, 0.05) is 6.54 Å². The lowest BCUT2D eigenvalue weighted by Gasteiger charge is -2.24. The molecule has 1 aromatic heterocycles. The Hall–Kier alpha value is -1.42. The number of aryl methyl sites for hydroxylation is 3. The molecule has 0 radical (unpaired) electrons. The molecule has 4 heteroatoms. The van der Waals surface area contributed by atoms with Crippen LogP contribution in [0.25, 0.3) is 0 Å². The smallest absolute Gasteiger partial charge is 0.208 e. The molecule has 1 atom stereocenters. The Bertz CT molecular complexity index is 591. The third-order valence-electron chi connectivity index (χ3n) is 3.93. The Balaban J connectivity index is 1.92. The Morgan fingerprint density at radius 3 is 2.68 bits per heavy atom. The van der Waals surface area contributed by atoms with Gasteiger partial charge in [-0.25, -0.2) is 0 Å². The average Bonchev–Trinajstić information content (AvgIpc) is 3.00. The molecule has 0 spiro atoms. The van der Waals surface area contributed by atoms with Gasteiger partial charge in [0.2, 0.25) is 5.13 Å². The molecule has 0 saturated carbocycles. The Labute approximate surface area is 118 Å². The first-order valence-electron chi connectivity index (χ1n) is 6.79. The highest BCUT2D eigenvalue weighted by Gasteiger charge is 2.28. The van der Waals surface area contributed by atoms with Crippen molar-refractivity contribution in [1.29, 1.82) is 0 Å². The summed E-state index contributed by atoms with van der Waals surface area (Å²) in [6.07, 6.45) is 2.44. The van der Waals surface area contributed by atoms with E-state index in [4.69, 9.17) is 0 Å². The summed E-state index contributed by atoms with van der Waals surface area (Å²) in [5.74, 6) is 0. The summed E-state index contributed by atoms with van der Waals surface area (Å²) in [5.41, 5.74) is 4.14. The molecule has 2 heterocycles. The van der Waals surface area contributed by atoms with Crippen LogP contribution >= 0.6 is 11.3 Å². The third-order valence-corrected chi connectivity index (χ3v) is 4.81. The molecule has 0 bridgehead atoms. The maximum absolute atomic E-state index is 4.31. The van der Waals surface area contributed by atoms with Crippen LogP contribution in [-0.4, -0.2) is 16.7 Å². The standard InChI is InChI=1S/C15H19N3S/c1-10-6-7-13(9-11(10)2)14-5-4-8-18(14)15-17-16-12(3)19-15/h6-7,9,14H,4-5,8H2,1-3H3/t14-/m0/s1. The van der Waals surface area contributed by atoms with E-state index >= 15 is 0 Å². The predicted octanol–water partition coefficient (Wildman–Crippen LogP) is 3.80. The molecule has 1 aliphatic rings. The van der Waals surface area contributed by atoms with Crippen LogP contribution in [-0.2, 0) is 0 Å². The third kappa shape index (κ3) is 2.37. The molecule has 0 aliphatic carbocycles.